The van der Waals surface area contributed by atoms with Crippen molar-refractivity contribution in [1.82, 2.24) is 19.8 Å². The summed E-state index contributed by atoms with van der Waals surface area (Å²) in [6, 6.07) is 16.8. The average molecular weight is 485 g/mol. The second kappa shape index (κ2) is 11.0. The highest BCUT2D eigenvalue weighted by atomic mass is 16.1. The molecule has 8 heteroatoms. The zero-order valence-electron chi connectivity index (χ0n) is 20.7. The lowest BCUT2D eigenvalue weighted by atomic mass is 10.0. The van der Waals surface area contributed by atoms with E-state index in [4.69, 9.17) is 11.1 Å². The number of benzene rings is 2. The molecular weight excluding hydrogens is 452 g/mol. The number of fused-ring (bicyclic) bond motifs is 1. The summed E-state index contributed by atoms with van der Waals surface area (Å²) >= 11 is 0. The molecule has 36 heavy (non-hydrogen) atoms. The van der Waals surface area contributed by atoms with Crippen molar-refractivity contribution in [2.24, 2.45) is 5.73 Å². The summed E-state index contributed by atoms with van der Waals surface area (Å²) in [6.45, 7) is 2.07. The molecule has 4 rings (SSSR count). The summed E-state index contributed by atoms with van der Waals surface area (Å²) in [5.74, 6) is -0.111. The van der Waals surface area contributed by atoms with Gasteiger partial charge in [0.1, 0.15) is 5.84 Å². The Morgan fingerprint density at radius 1 is 1.08 bits per heavy atom. The Morgan fingerprint density at radius 2 is 1.83 bits per heavy atom. The monoisotopic (exact) mass is 484 g/mol. The van der Waals surface area contributed by atoms with Crippen molar-refractivity contribution in [1.29, 1.82) is 5.41 Å². The SMILES string of the molecule is CN(C)CCCn1cc(-c2ccc(C(=O)NCCc3ccc4[nH]cc(C(=N)N)c4c3)cc2)ccc1=O. The van der Waals surface area contributed by atoms with Crippen LogP contribution in [-0.4, -0.2) is 53.4 Å². The number of pyridine rings is 1. The van der Waals surface area contributed by atoms with Crippen LogP contribution in [0.5, 0.6) is 0 Å². The number of rotatable bonds is 10. The number of nitrogens with zero attached hydrogens (tertiary/aromatic N) is 2. The summed E-state index contributed by atoms with van der Waals surface area (Å²) in [5.41, 5.74) is 10.8. The third-order valence-electron chi connectivity index (χ3n) is 6.20. The topological polar surface area (TPSA) is 120 Å². The Kier molecular flexibility index (Phi) is 7.65. The number of H-pyrrole nitrogens is 1. The number of hydrogen-bond acceptors (Lipinski definition) is 4. The van der Waals surface area contributed by atoms with E-state index in [0.29, 0.717) is 30.6 Å². The molecule has 8 nitrogen and oxygen atoms in total. The number of hydrogen-bond donors (Lipinski definition) is 4. The van der Waals surface area contributed by atoms with E-state index in [1.165, 1.54) is 0 Å². The van der Waals surface area contributed by atoms with E-state index in [1.54, 1.807) is 29.0 Å². The minimum Gasteiger partial charge on any atom is -0.384 e. The smallest absolute Gasteiger partial charge is 0.251 e. The Hall–Kier alpha value is -4.17. The van der Waals surface area contributed by atoms with E-state index < -0.39 is 0 Å². The van der Waals surface area contributed by atoms with Gasteiger partial charge in [-0.3, -0.25) is 15.0 Å². The molecule has 0 aliphatic rings. The number of nitrogens with two attached hydrogens (primary N) is 1. The second-order valence-corrected chi connectivity index (χ2v) is 9.19. The molecule has 0 fully saturated rings. The van der Waals surface area contributed by atoms with Crippen LogP contribution in [0.3, 0.4) is 0 Å². The maximum Gasteiger partial charge on any atom is 0.251 e. The number of nitrogen functional groups attached to an aromatic ring is 1. The van der Waals surface area contributed by atoms with Crippen LogP contribution in [-0.2, 0) is 13.0 Å². The zero-order chi connectivity index (χ0) is 25.7. The van der Waals surface area contributed by atoms with E-state index in [0.717, 1.165) is 40.6 Å². The molecule has 1 amide bonds. The number of amides is 1. The third kappa shape index (κ3) is 5.90. The summed E-state index contributed by atoms with van der Waals surface area (Å²) in [5, 5.41) is 11.6. The minimum atomic E-state index is -0.137. The first-order valence-electron chi connectivity index (χ1n) is 12.0. The molecule has 2 aromatic carbocycles. The highest BCUT2D eigenvalue weighted by Crippen LogP contribution is 2.20. The minimum absolute atomic E-state index is 0.0123. The van der Waals surface area contributed by atoms with Gasteiger partial charge in [0.2, 0.25) is 0 Å². The van der Waals surface area contributed by atoms with Crippen LogP contribution in [0.1, 0.15) is 27.9 Å². The molecule has 5 N–H and O–H groups in total. The van der Waals surface area contributed by atoms with Gasteiger partial charge >= 0.3 is 0 Å². The van der Waals surface area contributed by atoms with Gasteiger partial charge in [-0.05, 0) is 80.5 Å². The molecule has 0 spiro atoms. The number of carbonyl (C=O) groups is 1. The maximum atomic E-state index is 12.7. The van der Waals surface area contributed by atoms with Crippen LogP contribution in [0.2, 0.25) is 0 Å². The van der Waals surface area contributed by atoms with Gasteiger partial charge in [0, 0.05) is 53.6 Å². The molecule has 2 aromatic heterocycles. The summed E-state index contributed by atoms with van der Waals surface area (Å²) < 4.78 is 1.74. The fourth-order valence-electron chi connectivity index (χ4n) is 4.22. The summed E-state index contributed by atoms with van der Waals surface area (Å²) in [4.78, 5) is 30.1. The lowest BCUT2D eigenvalue weighted by Gasteiger charge is -2.12. The van der Waals surface area contributed by atoms with Crippen LogP contribution in [0.4, 0.5) is 0 Å². The second-order valence-electron chi connectivity index (χ2n) is 9.19. The average Bonchev–Trinajstić information content (AvgIpc) is 3.29. The van der Waals surface area contributed by atoms with Gasteiger partial charge in [0.25, 0.3) is 11.5 Å². The molecule has 0 aliphatic carbocycles. The Bertz CT molecular complexity index is 1430. The molecule has 0 saturated heterocycles. The van der Waals surface area contributed by atoms with Crippen LogP contribution in [0.25, 0.3) is 22.0 Å². The molecule has 0 atom stereocenters. The zero-order valence-corrected chi connectivity index (χ0v) is 20.7. The van der Waals surface area contributed by atoms with E-state index in [9.17, 15) is 9.59 Å². The van der Waals surface area contributed by atoms with Gasteiger partial charge in [-0.1, -0.05) is 18.2 Å². The summed E-state index contributed by atoms with van der Waals surface area (Å²) in [6.07, 6.45) is 5.18. The van der Waals surface area contributed by atoms with Crippen LogP contribution in [0, 0.1) is 5.41 Å². The van der Waals surface area contributed by atoms with E-state index >= 15 is 0 Å². The Morgan fingerprint density at radius 3 is 2.56 bits per heavy atom. The van der Waals surface area contributed by atoms with Gasteiger partial charge < -0.3 is 25.5 Å². The highest BCUT2D eigenvalue weighted by Gasteiger charge is 2.09. The largest absolute Gasteiger partial charge is 0.384 e. The number of amidine groups is 1. The molecule has 0 aliphatic heterocycles. The van der Waals surface area contributed by atoms with Gasteiger partial charge in [0.15, 0.2) is 0 Å². The van der Waals surface area contributed by atoms with Crippen molar-refractivity contribution in [3.05, 3.63) is 94.0 Å². The normalized spacial score (nSPS) is 11.2. The Labute approximate surface area is 210 Å². The van der Waals surface area contributed by atoms with E-state index in [1.807, 2.05) is 56.7 Å². The maximum absolute atomic E-state index is 12.7. The van der Waals surface area contributed by atoms with Gasteiger partial charge in [-0.25, -0.2) is 0 Å². The van der Waals surface area contributed by atoms with E-state index in [2.05, 4.69) is 15.2 Å². The predicted octanol–water partition coefficient (Wildman–Crippen LogP) is 3.20. The van der Waals surface area contributed by atoms with Crippen LogP contribution >= 0.6 is 0 Å². The van der Waals surface area contributed by atoms with Crippen LogP contribution in [0.15, 0.2) is 71.8 Å². The quantitative estimate of drug-likeness (QED) is 0.204. The van der Waals surface area contributed by atoms with Crippen molar-refractivity contribution >= 4 is 22.6 Å². The molecular formula is C28H32N6O2. The standard InChI is InChI=1S/C28H32N6O2/c1-33(2)14-3-15-34-18-22(9-11-26(34)35)20-5-7-21(8-6-20)28(36)31-13-12-19-4-10-25-23(16-19)24(17-32-25)27(29)30/h4-11,16-18,32H,3,12-15H2,1-2H3,(H3,29,30)(H,31,36). The first-order valence-corrected chi connectivity index (χ1v) is 12.0. The van der Waals surface area contributed by atoms with Crippen molar-refractivity contribution < 1.29 is 4.79 Å². The fraction of sp³-hybridized carbons (Fsp3) is 0.250. The lowest BCUT2D eigenvalue weighted by Crippen LogP contribution is -2.25. The van der Waals surface area contributed by atoms with Crippen LogP contribution < -0.4 is 16.6 Å². The number of aryl methyl sites for hydroxylation is 1. The number of carbonyl (C=O) groups excluding carboxylic acids is 1. The number of nitrogens with one attached hydrogen (secondary N) is 3. The van der Waals surface area contributed by atoms with Gasteiger partial charge in [-0.15, -0.1) is 0 Å². The van der Waals surface area contributed by atoms with Crippen molar-refractivity contribution in [2.75, 3.05) is 27.2 Å². The number of aromatic amines is 1. The summed E-state index contributed by atoms with van der Waals surface area (Å²) in [7, 11) is 4.04. The van der Waals surface area contributed by atoms with Crippen molar-refractivity contribution in [2.45, 2.75) is 19.4 Å². The first-order chi connectivity index (χ1) is 17.3. The molecule has 2 heterocycles. The molecule has 0 bridgehead atoms. The lowest BCUT2D eigenvalue weighted by molar-refractivity contribution is 0.0954. The van der Waals surface area contributed by atoms with Crippen molar-refractivity contribution in [3.63, 3.8) is 0 Å². The molecule has 0 unspecified atom stereocenters. The van der Waals surface area contributed by atoms with Crippen molar-refractivity contribution in [3.8, 4) is 11.1 Å². The molecule has 4 aromatic rings. The Balaban J connectivity index is 1.36. The molecule has 0 saturated carbocycles. The van der Waals surface area contributed by atoms with E-state index in [-0.39, 0.29) is 17.3 Å². The number of aromatic nitrogens is 2. The third-order valence-corrected chi connectivity index (χ3v) is 6.20. The van der Waals surface area contributed by atoms with Gasteiger partial charge in [-0.2, -0.15) is 0 Å². The first kappa shape index (κ1) is 24.9. The molecule has 0 radical (unpaired) electrons. The van der Waals surface area contributed by atoms with Gasteiger partial charge in [0.05, 0.1) is 0 Å². The molecule has 186 valence electrons. The predicted molar refractivity (Wildman–Crippen MR) is 145 cm³/mol. The fourth-order valence-corrected chi connectivity index (χ4v) is 4.22. The highest BCUT2D eigenvalue weighted by molar-refractivity contribution is 6.07.